The fourth-order valence-electron chi connectivity index (χ4n) is 3.57. The smallest absolute Gasteiger partial charge is 0.203 e. The maximum Gasteiger partial charge on any atom is 0.203 e. The third-order valence-electron chi connectivity index (χ3n) is 5.14. The van der Waals surface area contributed by atoms with E-state index in [-0.39, 0.29) is 11.5 Å². The number of ketones is 1. The van der Waals surface area contributed by atoms with E-state index in [9.17, 15) is 9.90 Å². The number of anilines is 1. The van der Waals surface area contributed by atoms with Gasteiger partial charge in [-0.3, -0.25) is 4.79 Å². The van der Waals surface area contributed by atoms with Gasteiger partial charge in [-0.1, -0.05) is 54.1 Å². The van der Waals surface area contributed by atoms with Gasteiger partial charge in [0, 0.05) is 32.2 Å². The van der Waals surface area contributed by atoms with Gasteiger partial charge in [-0.15, -0.1) is 22.7 Å². The first-order chi connectivity index (χ1) is 15.0. The molecule has 0 unspecified atom stereocenters. The molecule has 0 radical (unpaired) electrons. The molecular weight excluding hydrogens is 424 g/mol. The van der Waals surface area contributed by atoms with Crippen molar-refractivity contribution in [2.45, 2.75) is 6.92 Å². The quantitative estimate of drug-likeness (QED) is 0.311. The van der Waals surface area contributed by atoms with E-state index in [1.54, 1.807) is 12.1 Å². The predicted molar refractivity (Wildman–Crippen MR) is 129 cm³/mol. The fourth-order valence-corrected chi connectivity index (χ4v) is 5.50. The second-order valence-corrected chi connectivity index (χ2v) is 9.25. The Morgan fingerprint density at radius 1 is 0.968 bits per heavy atom. The molecule has 0 amide bonds. The molecule has 0 atom stereocenters. The molecule has 5 aromatic rings. The number of nitrogen functional groups attached to an aromatic ring is 1. The van der Waals surface area contributed by atoms with E-state index >= 15 is 0 Å². The molecule has 2 heterocycles. The molecule has 0 aliphatic carbocycles. The highest BCUT2D eigenvalue weighted by Crippen LogP contribution is 2.41. The number of phenols is 1. The SMILES string of the molecule is Cc1ccc(C(=O)c2sc3cc(O)ccc3c2-c2ccc(-c3nc(N)cs3)cc2)cc1. The number of carbonyl (C=O) groups excluding carboxylic acids is 1. The summed E-state index contributed by atoms with van der Waals surface area (Å²) in [5.74, 6) is 0.678. The van der Waals surface area contributed by atoms with E-state index in [1.807, 2.05) is 66.9 Å². The number of carbonyl (C=O) groups is 1. The Labute approximate surface area is 187 Å². The predicted octanol–water partition coefficient (Wildman–Crippen LogP) is 6.52. The molecule has 2 aromatic heterocycles. The largest absolute Gasteiger partial charge is 0.508 e. The highest BCUT2D eigenvalue weighted by atomic mass is 32.1. The van der Waals surface area contributed by atoms with Crippen LogP contribution in [0.4, 0.5) is 5.82 Å². The van der Waals surface area contributed by atoms with E-state index in [0.717, 1.165) is 37.3 Å². The van der Waals surface area contributed by atoms with Crippen LogP contribution in [0.3, 0.4) is 0 Å². The van der Waals surface area contributed by atoms with Crippen LogP contribution in [-0.2, 0) is 0 Å². The van der Waals surface area contributed by atoms with Gasteiger partial charge >= 0.3 is 0 Å². The van der Waals surface area contributed by atoms with E-state index in [1.165, 1.54) is 22.7 Å². The summed E-state index contributed by atoms with van der Waals surface area (Å²) in [5.41, 5.74) is 10.3. The number of aromatic nitrogens is 1. The fraction of sp³-hybridized carbons (Fsp3) is 0.0400. The molecule has 0 fully saturated rings. The number of phenolic OH excluding ortho intramolecular Hbond substituents is 1. The molecule has 152 valence electrons. The topological polar surface area (TPSA) is 76.2 Å². The van der Waals surface area contributed by atoms with Gasteiger partial charge in [0.15, 0.2) is 0 Å². The lowest BCUT2D eigenvalue weighted by atomic mass is 9.97. The van der Waals surface area contributed by atoms with Crippen molar-refractivity contribution in [1.82, 2.24) is 4.98 Å². The van der Waals surface area contributed by atoms with Crippen LogP contribution in [0.2, 0.25) is 0 Å². The number of nitrogens with two attached hydrogens (primary N) is 1. The summed E-state index contributed by atoms with van der Waals surface area (Å²) in [6.45, 7) is 2.00. The van der Waals surface area contributed by atoms with Crippen molar-refractivity contribution in [3.8, 4) is 27.4 Å². The second kappa shape index (κ2) is 7.65. The molecule has 0 bridgehead atoms. The van der Waals surface area contributed by atoms with Crippen LogP contribution >= 0.6 is 22.7 Å². The van der Waals surface area contributed by atoms with Gasteiger partial charge < -0.3 is 10.8 Å². The van der Waals surface area contributed by atoms with Gasteiger partial charge in [0.25, 0.3) is 0 Å². The Morgan fingerprint density at radius 3 is 2.35 bits per heavy atom. The lowest BCUT2D eigenvalue weighted by Crippen LogP contribution is -2.00. The standard InChI is InChI=1S/C25H18N2O2S2/c1-14-2-4-16(5-3-14)23(29)24-22(19-11-10-18(28)12-20(19)31-24)15-6-8-17(9-7-15)25-27-21(26)13-30-25/h2-13,28H,26H2,1H3. The molecule has 5 rings (SSSR count). The van der Waals surface area contributed by atoms with Gasteiger partial charge in [0.05, 0.1) is 4.88 Å². The third kappa shape index (κ3) is 3.60. The van der Waals surface area contributed by atoms with Crippen LogP contribution in [0, 0.1) is 6.92 Å². The van der Waals surface area contributed by atoms with Crippen molar-refractivity contribution in [3.63, 3.8) is 0 Å². The first-order valence-electron chi connectivity index (χ1n) is 9.68. The summed E-state index contributed by atoms with van der Waals surface area (Å²) >= 11 is 2.91. The molecule has 0 saturated carbocycles. The summed E-state index contributed by atoms with van der Waals surface area (Å²) < 4.78 is 0.877. The highest BCUT2D eigenvalue weighted by Gasteiger charge is 2.21. The molecule has 3 aromatic carbocycles. The number of aromatic hydroxyl groups is 1. The second-order valence-electron chi connectivity index (χ2n) is 7.34. The summed E-state index contributed by atoms with van der Waals surface area (Å²) in [6.07, 6.45) is 0. The van der Waals surface area contributed by atoms with Crippen LogP contribution in [0.1, 0.15) is 20.8 Å². The van der Waals surface area contributed by atoms with E-state index in [4.69, 9.17) is 5.73 Å². The van der Waals surface area contributed by atoms with Gasteiger partial charge in [0.1, 0.15) is 16.6 Å². The van der Waals surface area contributed by atoms with Crippen molar-refractivity contribution in [2.75, 3.05) is 5.73 Å². The lowest BCUT2D eigenvalue weighted by Gasteiger charge is -2.07. The van der Waals surface area contributed by atoms with E-state index < -0.39 is 0 Å². The summed E-state index contributed by atoms with van der Waals surface area (Å²) in [5, 5.41) is 13.6. The highest BCUT2D eigenvalue weighted by molar-refractivity contribution is 7.21. The van der Waals surface area contributed by atoms with Crippen molar-refractivity contribution >= 4 is 44.4 Å². The molecule has 0 saturated heterocycles. The maximum absolute atomic E-state index is 13.4. The van der Waals surface area contributed by atoms with Gasteiger partial charge in [-0.05, 0) is 30.7 Å². The van der Waals surface area contributed by atoms with Gasteiger partial charge in [-0.2, -0.15) is 0 Å². The zero-order valence-electron chi connectivity index (χ0n) is 16.6. The average molecular weight is 443 g/mol. The summed E-state index contributed by atoms with van der Waals surface area (Å²) in [4.78, 5) is 18.4. The number of fused-ring (bicyclic) bond motifs is 1. The average Bonchev–Trinajstić information content (AvgIpc) is 3.37. The van der Waals surface area contributed by atoms with Crippen LogP contribution < -0.4 is 5.73 Å². The number of nitrogens with zero attached hydrogens (tertiary/aromatic N) is 1. The van der Waals surface area contributed by atoms with Crippen molar-refractivity contribution < 1.29 is 9.90 Å². The maximum atomic E-state index is 13.4. The van der Waals surface area contributed by atoms with Crippen LogP contribution in [-0.4, -0.2) is 15.9 Å². The number of aryl methyl sites for hydroxylation is 1. The molecule has 0 aliphatic rings. The Kier molecular flexibility index (Phi) is 4.81. The summed E-state index contributed by atoms with van der Waals surface area (Å²) in [7, 11) is 0. The third-order valence-corrected chi connectivity index (χ3v) is 7.20. The zero-order valence-corrected chi connectivity index (χ0v) is 18.3. The molecule has 4 nitrogen and oxygen atoms in total. The van der Waals surface area contributed by atoms with Crippen LogP contribution in [0.5, 0.6) is 5.75 Å². The first kappa shape index (κ1) is 19.5. The van der Waals surface area contributed by atoms with Crippen LogP contribution in [0.15, 0.2) is 72.1 Å². The molecule has 3 N–H and O–H groups in total. The number of thiazole rings is 1. The molecule has 31 heavy (non-hydrogen) atoms. The van der Waals surface area contributed by atoms with E-state index in [2.05, 4.69) is 4.98 Å². The first-order valence-corrected chi connectivity index (χ1v) is 11.4. The number of thiophene rings is 1. The van der Waals surface area contributed by atoms with E-state index in [0.29, 0.717) is 16.3 Å². The monoisotopic (exact) mass is 442 g/mol. The Morgan fingerprint density at radius 2 is 1.68 bits per heavy atom. The van der Waals surface area contributed by atoms with Crippen molar-refractivity contribution in [3.05, 3.63) is 88.1 Å². The number of benzene rings is 3. The van der Waals surface area contributed by atoms with Gasteiger partial charge in [-0.25, -0.2) is 4.98 Å². The molecular formula is C25H18N2O2S2. The normalized spacial score (nSPS) is 11.1. The number of rotatable bonds is 4. The zero-order chi connectivity index (χ0) is 21.5. The minimum atomic E-state index is -0.0209. The Bertz CT molecular complexity index is 1410. The minimum Gasteiger partial charge on any atom is -0.508 e. The number of hydrogen-bond acceptors (Lipinski definition) is 6. The minimum absolute atomic E-state index is 0.0209. The molecule has 6 heteroatoms. The van der Waals surface area contributed by atoms with Crippen molar-refractivity contribution in [2.24, 2.45) is 0 Å². The van der Waals surface area contributed by atoms with Crippen LogP contribution in [0.25, 0.3) is 31.8 Å². The lowest BCUT2D eigenvalue weighted by molar-refractivity contribution is 0.104. The Balaban J connectivity index is 1.65. The number of hydrogen-bond donors (Lipinski definition) is 2. The van der Waals surface area contributed by atoms with Gasteiger partial charge in [0.2, 0.25) is 5.78 Å². The van der Waals surface area contributed by atoms with Crippen molar-refractivity contribution in [1.29, 1.82) is 0 Å². The summed E-state index contributed by atoms with van der Waals surface area (Å²) in [6, 6.07) is 20.9. The molecule has 0 spiro atoms. The molecule has 0 aliphatic heterocycles. The Hall–Kier alpha value is -3.48.